The minimum absolute atomic E-state index is 0.0628. The monoisotopic (exact) mass is 451 g/mol. The molecule has 0 saturated carbocycles. The molecule has 0 aliphatic rings. The van der Waals surface area contributed by atoms with Crippen LogP contribution in [0.2, 0.25) is 4.34 Å². The van der Waals surface area contributed by atoms with Crippen molar-refractivity contribution in [3.8, 4) is 11.4 Å². The number of thiophene rings is 1. The maximum Gasteiger partial charge on any atom is 0.340 e. The summed E-state index contributed by atoms with van der Waals surface area (Å²) >= 11 is 7.19. The van der Waals surface area contributed by atoms with Gasteiger partial charge in [0.05, 0.1) is 21.2 Å². The lowest BCUT2D eigenvalue weighted by Crippen LogP contribution is -2.21. The predicted molar refractivity (Wildman–Crippen MR) is 120 cm³/mol. The number of benzene rings is 1. The van der Waals surface area contributed by atoms with E-state index in [1.807, 2.05) is 47.3 Å². The molecule has 0 aliphatic carbocycles. The van der Waals surface area contributed by atoms with Crippen molar-refractivity contribution in [2.24, 2.45) is 10.7 Å². The molecule has 0 saturated heterocycles. The van der Waals surface area contributed by atoms with E-state index in [9.17, 15) is 9.59 Å². The van der Waals surface area contributed by atoms with Gasteiger partial charge in [0, 0.05) is 30.2 Å². The third-order valence-electron chi connectivity index (χ3n) is 4.58. The van der Waals surface area contributed by atoms with Crippen LogP contribution in [0, 0.1) is 0 Å². The Bertz CT molecular complexity index is 1300. The first kappa shape index (κ1) is 20.8. The lowest BCUT2D eigenvalue weighted by molar-refractivity contribution is 0.0986. The Hall–Kier alpha value is -3.49. The summed E-state index contributed by atoms with van der Waals surface area (Å²) in [6.45, 7) is 0. The second-order valence-corrected chi connectivity index (χ2v) is 8.41. The molecule has 0 bridgehead atoms. The summed E-state index contributed by atoms with van der Waals surface area (Å²) in [7, 11) is 0. The van der Waals surface area contributed by atoms with Gasteiger partial charge < -0.3 is 14.9 Å². The summed E-state index contributed by atoms with van der Waals surface area (Å²) in [5.41, 5.74) is 8.24. The van der Waals surface area contributed by atoms with Crippen LogP contribution in [-0.4, -0.2) is 25.9 Å². The van der Waals surface area contributed by atoms with Gasteiger partial charge in [0.15, 0.2) is 5.78 Å². The standard InChI is InChI=1S/C22H18ClN5O2S/c23-20-11-10-19(31-20)18(29)9-4-15-13-27(14-25-15)16-5-7-17(8-6-16)28-12-2-1-3-21(28)26-22(24)30/h1-3,5-8,10-14H,4,9H2,(H2,24,30). The molecule has 9 heteroatoms. The zero-order valence-corrected chi connectivity index (χ0v) is 17.9. The number of hydrogen-bond acceptors (Lipinski definition) is 4. The predicted octanol–water partition coefficient (Wildman–Crippen LogP) is 4.17. The number of carbonyl (C=O) groups is 2. The van der Waals surface area contributed by atoms with Crippen molar-refractivity contribution < 1.29 is 9.59 Å². The number of carbonyl (C=O) groups excluding carboxylic acids is 2. The molecule has 31 heavy (non-hydrogen) atoms. The van der Waals surface area contributed by atoms with Gasteiger partial charge in [0.1, 0.15) is 5.49 Å². The van der Waals surface area contributed by atoms with Crippen LogP contribution in [0.5, 0.6) is 0 Å². The van der Waals surface area contributed by atoms with E-state index in [-0.39, 0.29) is 5.78 Å². The number of primary amides is 1. The van der Waals surface area contributed by atoms with E-state index >= 15 is 0 Å². The largest absolute Gasteiger partial charge is 0.350 e. The molecule has 0 radical (unpaired) electrons. The van der Waals surface area contributed by atoms with Crippen LogP contribution in [0.25, 0.3) is 11.4 Å². The molecule has 2 amide bonds. The summed E-state index contributed by atoms with van der Waals surface area (Å²) < 4.78 is 4.28. The number of Topliss-reactive ketones (excluding diaryl/α,β-unsaturated/α-hetero) is 1. The van der Waals surface area contributed by atoms with Crippen molar-refractivity contribution >= 4 is 34.8 Å². The van der Waals surface area contributed by atoms with Crippen molar-refractivity contribution in [1.29, 1.82) is 0 Å². The number of pyridine rings is 1. The number of nitrogens with zero attached hydrogens (tertiary/aromatic N) is 4. The van der Waals surface area contributed by atoms with E-state index in [0.717, 1.165) is 17.1 Å². The zero-order chi connectivity index (χ0) is 21.8. The molecule has 0 fully saturated rings. The van der Waals surface area contributed by atoms with E-state index < -0.39 is 6.03 Å². The fourth-order valence-corrected chi connectivity index (χ4v) is 4.12. The zero-order valence-electron chi connectivity index (χ0n) is 16.3. The third-order valence-corrected chi connectivity index (χ3v) is 5.85. The normalized spacial score (nSPS) is 11.6. The van der Waals surface area contributed by atoms with Crippen LogP contribution < -0.4 is 11.2 Å². The Morgan fingerprint density at radius 2 is 1.84 bits per heavy atom. The van der Waals surface area contributed by atoms with Gasteiger partial charge in [-0.1, -0.05) is 17.7 Å². The first-order valence-corrected chi connectivity index (χ1v) is 10.6. The minimum Gasteiger partial charge on any atom is -0.350 e. The van der Waals surface area contributed by atoms with E-state index in [0.29, 0.717) is 27.5 Å². The van der Waals surface area contributed by atoms with E-state index in [2.05, 4.69) is 9.98 Å². The van der Waals surface area contributed by atoms with Crippen molar-refractivity contribution in [3.63, 3.8) is 0 Å². The average molecular weight is 452 g/mol. The topological polar surface area (TPSA) is 95.3 Å². The molecule has 156 valence electrons. The van der Waals surface area contributed by atoms with Crippen molar-refractivity contribution in [2.45, 2.75) is 12.8 Å². The van der Waals surface area contributed by atoms with Crippen molar-refractivity contribution in [3.05, 3.63) is 93.7 Å². The molecule has 2 N–H and O–H groups in total. The Kier molecular flexibility index (Phi) is 6.11. The van der Waals surface area contributed by atoms with E-state index in [1.54, 1.807) is 35.2 Å². The number of hydrogen-bond donors (Lipinski definition) is 1. The average Bonchev–Trinajstić information content (AvgIpc) is 3.41. The van der Waals surface area contributed by atoms with Gasteiger partial charge in [0.25, 0.3) is 0 Å². The van der Waals surface area contributed by atoms with Gasteiger partial charge in [-0.2, -0.15) is 4.99 Å². The van der Waals surface area contributed by atoms with Gasteiger partial charge in [0.2, 0.25) is 0 Å². The van der Waals surface area contributed by atoms with Crippen LogP contribution in [-0.2, 0) is 6.42 Å². The number of nitrogens with two attached hydrogens (primary N) is 1. The number of aromatic nitrogens is 3. The summed E-state index contributed by atoms with van der Waals surface area (Å²) in [5.74, 6) is 0.0628. The number of rotatable bonds is 6. The van der Waals surface area contributed by atoms with Crippen molar-refractivity contribution in [2.75, 3.05) is 0 Å². The van der Waals surface area contributed by atoms with E-state index in [4.69, 9.17) is 17.3 Å². The van der Waals surface area contributed by atoms with Crippen LogP contribution >= 0.6 is 22.9 Å². The molecule has 3 aromatic heterocycles. The second kappa shape index (κ2) is 9.11. The smallest absolute Gasteiger partial charge is 0.340 e. The number of amides is 2. The van der Waals surface area contributed by atoms with Crippen molar-refractivity contribution in [1.82, 2.24) is 14.1 Å². The second-order valence-electron chi connectivity index (χ2n) is 6.69. The molecule has 0 aliphatic heterocycles. The van der Waals surface area contributed by atoms with Crippen LogP contribution in [0.3, 0.4) is 0 Å². The molecular weight excluding hydrogens is 434 g/mol. The highest BCUT2D eigenvalue weighted by Crippen LogP contribution is 2.23. The van der Waals surface area contributed by atoms with E-state index in [1.165, 1.54) is 11.3 Å². The molecule has 4 aromatic rings. The molecule has 0 spiro atoms. The summed E-state index contributed by atoms with van der Waals surface area (Å²) in [4.78, 5) is 32.3. The van der Waals surface area contributed by atoms with Crippen LogP contribution in [0.15, 0.2) is 78.3 Å². The fourth-order valence-electron chi connectivity index (χ4n) is 3.10. The number of halogens is 1. The summed E-state index contributed by atoms with van der Waals surface area (Å²) in [6.07, 6.45) is 6.37. The highest BCUT2D eigenvalue weighted by molar-refractivity contribution is 7.18. The SMILES string of the molecule is NC(=O)N=c1ccccn1-c1ccc(-n2cnc(CCC(=O)c3ccc(Cl)s3)c2)cc1. The van der Waals surface area contributed by atoms with Gasteiger partial charge in [-0.15, -0.1) is 11.3 Å². The third kappa shape index (κ3) is 4.99. The maximum atomic E-state index is 12.3. The lowest BCUT2D eigenvalue weighted by atomic mass is 10.1. The molecule has 4 rings (SSSR count). The lowest BCUT2D eigenvalue weighted by Gasteiger charge is -2.08. The summed E-state index contributed by atoms with van der Waals surface area (Å²) in [6, 6.07) is 15.8. The molecule has 7 nitrogen and oxygen atoms in total. The Morgan fingerprint density at radius 1 is 1.06 bits per heavy atom. The Balaban J connectivity index is 1.48. The van der Waals surface area contributed by atoms with Gasteiger partial charge >= 0.3 is 6.03 Å². The number of imidazole rings is 1. The summed E-state index contributed by atoms with van der Waals surface area (Å²) in [5, 5.41) is 0. The van der Waals surface area contributed by atoms with Gasteiger partial charge in [-0.3, -0.25) is 4.79 Å². The van der Waals surface area contributed by atoms with Gasteiger partial charge in [-0.25, -0.2) is 9.78 Å². The highest BCUT2D eigenvalue weighted by atomic mass is 35.5. The minimum atomic E-state index is -0.747. The fraction of sp³-hybridized carbons (Fsp3) is 0.0909. The first-order chi connectivity index (χ1) is 15.0. The molecule has 3 heterocycles. The molecule has 0 atom stereocenters. The van der Waals surface area contributed by atoms with Gasteiger partial charge in [-0.05, 0) is 55.0 Å². The number of urea groups is 1. The molecule has 0 unspecified atom stereocenters. The Labute approximate surface area is 187 Å². The Morgan fingerprint density at radius 3 is 2.55 bits per heavy atom. The van der Waals surface area contributed by atoms with Crippen LogP contribution in [0.4, 0.5) is 4.79 Å². The first-order valence-electron chi connectivity index (χ1n) is 9.44. The molecular formula is C22H18ClN5O2S. The number of aryl methyl sites for hydroxylation is 1. The maximum absolute atomic E-state index is 12.3. The molecule has 1 aromatic carbocycles. The highest BCUT2D eigenvalue weighted by Gasteiger charge is 2.10. The number of ketones is 1. The quantitative estimate of drug-likeness (QED) is 0.445. The van der Waals surface area contributed by atoms with Crippen LogP contribution in [0.1, 0.15) is 21.8 Å².